The molecular weight excluding hydrogens is 294 g/mol. The van der Waals surface area contributed by atoms with Crippen molar-refractivity contribution in [2.45, 2.75) is 27.2 Å². The number of aromatic nitrogens is 1. The number of rotatable bonds is 5. The van der Waals surface area contributed by atoms with E-state index >= 15 is 0 Å². The van der Waals surface area contributed by atoms with E-state index in [1.165, 1.54) is 11.3 Å². The number of nitrogens with zero attached hydrogens (tertiary/aromatic N) is 1. The molecule has 0 spiro atoms. The number of ether oxygens (including phenoxy) is 1. The van der Waals surface area contributed by atoms with Gasteiger partial charge in [0.25, 0.3) is 0 Å². The zero-order valence-electron chi connectivity index (χ0n) is 11.7. The first-order valence-corrected chi connectivity index (χ1v) is 7.53. The van der Waals surface area contributed by atoms with Gasteiger partial charge in [-0.1, -0.05) is 11.6 Å². The molecule has 0 unspecified atom stereocenters. The van der Waals surface area contributed by atoms with E-state index in [0.717, 1.165) is 31.9 Å². The molecule has 2 rings (SSSR count). The van der Waals surface area contributed by atoms with Crippen molar-refractivity contribution in [1.82, 2.24) is 4.98 Å². The lowest BCUT2D eigenvalue weighted by Crippen LogP contribution is -2.01. The highest BCUT2D eigenvalue weighted by Crippen LogP contribution is 2.22. The molecule has 2 aromatic rings. The average Bonchev–Trinajstić information content (AvgIpc) is 2.75. The van der Waals surface area contributed by atoms with E-state index in [4.69, 9.17) is 16.3 Å². The normalized spacial score (nSPS) is 10.6. The van der Waals surface area contributed by atoms with Gasteiger partial charge in [0.2, 0.25) is 0 Å². The second-order valence-electron chi connectivity index (χ2n) is 4.59. The molecule has 0 atom stereocenters. The highest BCUT2D eigenvalue weighted by molar-refractivity contribution is 7.13. The molecule has 0 bridgehead atoms. The number of thiazole rings is 1. The highest BCUT2D eigenvalue weighted by Gasteiger charge is 2.11. The predicted octanol–water partition coefficient (Wildman–Crippen LogP) is 4.24. The van der Waals surface area contributed by atoms with Crippen LogP contribution in [0.2, 0.25) is 5.02 Å². The Morgan fingerprint density at radius 2 is 2.15 bits per heavy atom. The number of hydrogen-bond donors (Lipinski definition) is 0. The van der Waals surface area contributed by atoms with Crippen LogP contribution in [0.5, 0.6) is 5.75 Å². The smallest absolute Gasteiger partial charge is 0.171 e. The Kier molecular flexibility index (Phi) is 4.78. The molecule has 0 amide bonds. The second-order valence-corrected chi connectivity index (χ2v) is 6.08. The Morgan fingerprint density at radius 3 is 2.75 bits per heavy atom. The number of aryl methyl sites for hydroxylation is 2. The van der Waals surface area contributed by atoms with Gasteiger partial charge in [-0.15, -0.1) is 11.3 Å². The monoisotopic (exact) mass is 309 g/mol. The quantitative estimate of drug-likeness (QED) is 0.776. The van der Waals surface area contributed by atoms with Crippen LogP contribution >= 0.6 is 22.9 Å². The first-order chi connectivity index (χ1) is 9.47. The van der Waals surface area contributed by atoms with Crippen LogP contribution in [-0.4, -0.2) is 17.4 Å². The molecule has 0 aliphatic heterocycles. The maximum absolute atomic E-state index is 11.4. The van der Waals surface area contributed by atoms with Crippen molar-refractivity contribution in [3.05, 3.63) is 44.4 Å². The number of hydrogen-bond acceptors (Lipinski definition) is 4. The average molecular weight is 310 g/mol. The fourth-order valence-corrected chi connectivity index (χ4v) is 2.91. The molecule has 20 heavy (non-hydrogen) atoms. The van der Waals surface area contributed by atoms with E-state index in [2.05, 4.69) is 4.98 Å². The van der Waals surface area contributed by atoms with E-state index in [9.17, 15) is 4.79 Å². The van der Waals surface area contributed by atoms with Gasteiger partial charge in [-0.05, 0) is 37.6 Å². The zero-order valence-corrected chi connectivity index (χ0v) is 13.3. The number of halogens is 1. The van der Waals surface area contributed by atoms with Crippen molar-refractivity contribution in [2.24, 2.45) is 0 Å². The summed E-state index contributed by atoms with van der Waals surface area (Å²) >= 11 is 7.41. The minimum absolute atomic E-state index is 0.0699. The highest BCUT2D eigenvalue weighted by atomic mass is 35.5. The molecule has 1 heterocycles. The van der Waals surface area contributed by atoms with E-state index in [1.54, 1.807) is 6.92 Å². The number of carbonyl (C=O) groups excluding carboxylic acids is 1. The fraction of sp³-hybridized carbons (Fsp3) is 0.333. The third-order valence-corrected chi connectivity index (χ3v) is 4.62. The van der Waals surface area contributed by atoms with Crippen molar-refractivity contribution in [1.29, 1.82) is 0 Å². The van der Waals surface area contributed by atoms with E-state index in [-0.39, 0.29) is 5.78 Å². The van der Waals surface area contributed by atoms with Crippen LogP contribution in [0.3, 0.4) is 0 Å². The van der Waals surface area contributed by atoms with E-state index in [0.29, 0.717) is 13.0 Å². The van der Waals surface area contributed by atoms with E-state index < -0.39 is 0 Å². The summed E-state index contributed by atoms with van der Waals surface area (Å²) in [5.41, 5.74) is 1.80. The molecule has 5 heteroatoms. The van der Waals surface area contributed by atoms with Crippen LogP contribution in [0.15, 0.2) is 18.2 Å². The van der Waals surface area contributed by atoms with Crippen molar-refractivity contribution < 1.29 is 9.53 Å². The van der Waals surface area contributed by atoms with Gasteiger partial charge in [0.15, 0.2) is 5.78 Å². The van der Waals surface area contributed by atoms with Crippen LogP contribution in [0.4, 0.5) is 0 Å². The lowest BCUT2D eigenvalue weighted by atomic mass is 10.2. The van der Waals surface area contributed by atoms with Crippen LogP contribution in [0.1, 0.15) is 32.9 Å². The maximum Gasteiger partial charge on any atom is 0.171 e. The van der Waals surface area contributed by atoms with Gasteiger partial charge in [0.1, 0.15) is 5.75 Å². The van der Waals surface area contributed by atoms with Gasteiger partial charge in [-0.2, -0.15) is 0 Å². The van der Waals surface area contributed by atoms with E-state index in [1.807, 2.05) is 32.0 Å². The Bertz CT molecular complexity index is 637. The van der Waals surface area contributed by atoms with Crippen molar-refractivity contribution in [3.8, 4) is 5.75 Å². The van der Waals surface area contributed by atoms with Crippen LogP contribution < -0.4 is 4.74 Å². The summed E-state index contributed by atoms with van der Waals surface area (Å²) < 4.78 is 5.68. The van der Waals surface area contributed by atoms with Crippen molar-refractivity contribution in [2.75, 3.05) is 6.61 Å². The Labute approximate surface area is 127 Å². The minimum Gasteiger partial charge on any atom is -0.493 e. The molecular formula is C15H16ClNO2S. The lowest BCUT2D eigenvalue weighted by molar-refractivity contribution is 0.102. The largest absolute Gasteiger partial charge is 0.493 e. The van der Waals surface area contributed by atoms with Gasteiger partial charge in [0.05, 0.1) is 22.2 Å². The summed E-state index contributed by atoms with van der Waals surface area (Å²) in [6.45, 7) is 5.90. The third kappa shape index (κ3) is 3.58. The molecule has 3 nitrogen and oxygen atoms in total. The second kappa shape index (κ2) is 6.37. The summed E-state index contributed by atoms with van der Waals surface area (Å²) in [5, 5.41) is 1.66. The lowest BCUT2D eigenvalue weighted by Gasteiger charge is -2.06. The molecule has 106 valence electrons. The third-order valence-electron chi connectivity index (χ3n) is 2.87. The van der Waals surface area contributed by atoms with Crippen LogP contribution in [0.25, 0.3) is 0 Å². The maximum atomic E-state index is 11.4. The molecule has 0 fully saturated rings. The zero-order chi connectivity index (χ0) is 14.7. The summed E-state index contributed by atoms with van der Waals surface area (Å²) in [6.07, 6.45) is 0.695. The van der Waals surface area contributed by atoms with Crippen molar-refractivity contribution >= 4 is 28.7 Å². The molecule has 1 aromatic heterocycles. The predicted molar refractivity (Wildman–Crippen MR) is 82.2 cm³/mol. The minimum atomic E-state index is 0.0699. The molecule has 0 saturated carbocycles. The van der Waals surface area contributed by atoms with Crippen molar-refractivity contribution in [3.63, 3.8) is 0 Å². The fourth-order valence-electron chi connectivity index (χ4n) is 1.85. The van der Waals surface area contributed by atoms with Gasteiger partial charge in [-0.25, -0.2) is 4.98 Å². The molecule has 0 saturated heterocycles. The molecule has 0 aliphatic rings. The summed E-state index contributed by atoms with van der Waals surface area (Å²) in [6, 6.07) is 5.59. The van der Waals surface area contributed by atoms with Gasteiger partial charge in [-0.3, -0.25) is 4.79 Å². The Hall–Kier alpha value is -1.39. The number of ketones is 1. The molecule has 1 aromatic carbocycles. The first kappa shape index (κ1) is 15.0. The summed E-state index contributed by atoms with van der Waals surface area (Å²) in [7, 11) is 0. The number of Topliss-reactive ketones (excluding diaryl/α,β-unsaturated/α-hetero) is 1. The van der Waals surface area contributed by atoms with Gasteiger partial charge < -0.3 is 4.74 Å². The summed E-state index contributed by atoms with van der Waals surface area (Å²) in [4.78, 5) is 16.5. The van der Waals surface area contributed by atoms with Gasteiger partial charge >= 0.3 is 0 Å². The Morgan fingerprint density at radius 1 is 1.40 bits per heavy atom. The first-order valence-electron chi connectivity index (χ1n) is 6.33. The Balaban J connectivity index is 1.94. The molecule has 0 N–H and O–H groups in total. The topological polar surface area (TPSA) is 39.2 Å². The number of benzene rings is 1. The SMILES string of the molecule is CC(=O)c1sc(CCOc2ccc(Cl)c(C)c2)nc1C. The summed E-state index contributed by atoms with van der Waals surface area (Å²) in [5.74, 6) is 0.868. The molecule has 0 aliphatic carbocycles. The molecule has 0 radical (unpaired) electrons. The van der Waals surface area contributed by atoms with Crippen LogP contribution in [0, 0.1) is 13.8 Å². The number of carbonyl (C=O) groups is 1. The van der Waals surface area contributed by atoms with Crippen LogP contribution in [-0.2, 0) is 6.42 Å². The standard InChI is InChI=1S/C15H16ClNO2S/c1-9-8-12(4-5-13(9)16)19-7-6-14-17-10(2)15(20-14)11(3)18/h4-5,8H,6-7H2,1-3H3. The van der Waals surface area contributed by atoms with Gasteiger partial charge in [0, 0.05) is 18.4 Å².